The van der Waals surface area contributed by atoms with E-state index in [4.69, 9.17) is 5.11 Å². The second-order valence-corrected chi connectivity index (χ2v) is 5.60. The molecule has 0 saturated carbocycles. The summed E-state index contributed by atoms with van der Waals surface area (Å²) < 4.78 is 25.2. The van der Waals surface area contributed by atoms with E-state index < -0.39 is 21.2 Å². The Labute approximate surface area is 99.0 Å². The quantitative estimate of drug-likeness (QED) is 0.805. The lowest BCUT2D eigenvalue weighted by molar-refractivity contribution is -0.136. The molecule has 0 fully saturated rings. The molecule has 1 rings (SSSR count). The van der Waals surface area contributed by atoms with Gasteiger partial charge >= 0.3 is 5.97 Å². The third kappa shape index (κ3) is 3.38. The number of aromatic nitrogens is 2. The van der Waals surface area contributed by atoms with Crippen LogP contribution in [0.5, 0.6) is 0 Å². The van der Waals surface area contributed by atoms with Crippen molar-refractivity contribution < 1.29 is 18.3 Å². The van der Waals surface area contributed by atoms with Gasteiger partial charge in [-0.2, -0.15) is 0 Å². The second kappa shape index (κ2) is 4.66. The SMILES string of the molecule is Cc1cc(C)nc(NS(=O)(=O)C(C)C(=O)O)n1. The van der Waals surface area contributed by atoms with Gasteiger partial charge in [-0.25, -0.2) is 18.4 Å². The van der Waals surface area contributed by atoms with Crippen molar-refractivity contribution in [1.29, 1.82) is 0 Å². The van der Waals surface area contributed by atoms with E-state index in [2.05, 4.69) is 14.7 Å². The van der Waals surface area contributed by atoms with Crippen molar-refractivity contribution >= 4 is 21.9 Å². The minimum atomic E-state index is -4.02. The van der Waals surface area contributed by atoms with Gasteiger partial charge in [-0.15, -0.1) is 0 Å². The number of nitrogens with one attached hydrogen (secondary N) is 1. The monoisotopic (exact) mass is 259 g/mol. The number of carboxylic acid groups (broad SMARTS) is 1. The highest BCUT2D eigenvalue weighted by atomic mass is 32.2. The summed E-state index contributed by atoms with van der Waals surface area (Å²) in [6.45, 7) is 4.45. The number of aliphatic carboxylic acids is 1. The molecule has 0 amide bonds. The Balaban J connectivity index is 3.02. The maximum atomic E-state index is 11.6. The van der Waals surface area contributed by atoms with Crippen LogP contribution in [0.3, 0.4) is 0 Å². The van der Waals surface area contributed by atoms with Crippen LogP contribution in [-0.4, -0.2) is 34.7 Å². The van der Waals surface area contributed by atoms with Gasteiger partial charge in [-0.05, 0) is 26.8 Å². The van der Waals surface area contributed by atoms with E-state index in [1.165, 1.54) is 0 Å². The molecule has 1 heterocycles. The normalized spacial score (nSPS) is 13.1. The first-order valence-electron chi connectivity index (χ1n) is 4.79. The lowest BCUT2D eigenvalue weighted by Crippen LogP contribution is -2.32. The molecule has 0 aliphatic heterocycles. The van der Waals surface area contributed by atoms with Gasteiger partial charge in [0.2, 0.25) is 16.0 Å². The number of carbonyl (C=O) groups is 1. The molecule has 17 heavy (non-hydrogen) atoms. The van der Waals surface area contributed by atoms with Crippen LogP contribution in [0, 0.1) is 13.8 Å². The lowest BCUT2D eigenvalue weighted by Gasteiger charge is -2.10. The van der Waals surface area contributed by atoms with Crippen molar-refractivity contribution in [2.24, 2.45) is 0 Å². The predicted octanol–water partition coefficient (Wildman–Crippen LogP) is 0.308. The fraction of sp³-hybridized carbons (Fsp3) is 0.444. The average molecular weight is 259 g/mol. The number of hydrogen-bond donors (Lipinski definition) is 2. The Morgan fingerprint density at radius 3 is 2.24 bits per heavy atom. The molecule has 0 saturated heterocycles. The standard InChI is InChI=1S/C9H13N3O4S/c1-5-4-6(2)11-9(10-5)12-17(15,16)7(3)8(13)14/h4,7H,1-3H3,(H,13,14)(H,10,11,12). The van der Waals surface area contributed by atoms with Crippen LogP contribution in [0.4, 0.5) is 5.95 Å². The van der Waals surface area contributed by atoms with Crippen molar-refractivity contribution in [3.8, 4) is 0 Å². The minimum absolute atomic E-state index is 0.115. The molecule has 1 aromatic rings. The Kier molecular flexibility index (Phi) is 3.66. The number of rotatable bonds is 4. The Morgan fingerprint density at radius 1 is 1.35 bits per heavy atom. The van der Waals surface area contributed by atoms with Gasteiger partial charge in [0.05, 0.1) is 0 Å². The van der Waals surface area contributed by atoms with Crippen LogP contribution in [-0.2, 0) is 14.8 Å². The molecule has 7 nitrogen and oxygen atoms in total. The fourth-order valence-corrected chi connectivity index (χ4v) is 1.91. The van der Waals surface area contributed by atoms with Crippen LogP contribution in [0.1, 0.15) is 18.3 Å². The molecule has 0 aliphatic carbocycles. The summed E-state index contributed by atoms with van der Waals surface area (Å²) in [4.78, 5) is 18.3. The van der Waals surface area contributed by atoms with E-state index in [9.17, 15) is 13.2 Å². The van der Waals surface area contributed by atoms with Crippen LogP contribution in [0.15, 0.2) is 6.07 Å². The van der Waals surface area contributed by atoms with Crippen LogP contribution in [0.25, 0.3) is 0 Å². The van der Waals surface area contributed by atoms with Crippen molar-refractivity contribution in [3.05, 3.63) is 17.5 Å². The molecular formula is C9H13N3O4S. The van der Waals surface area contributed by atoms with Crippen LogP contribution < -0.4 is 4.72 Å². The Bertz CT molecular complexity index is 521. The van der Waals surface area contributed by atoms with E-state index in [1.54, 1.807) is 19.9 Å². The Hall–Kier alpha value is -1.70. The van der Waals surface area contributed by atoms with Crippen molar-refractivity contribution in [2.75, 3.05) is 4.72 Å². The molecule has 0 spiro atoms. The smallest absolute Gasteiger partial charge is 0.323 e. The van der Waals surface area contributed by atoms with Gasteiger partial charge < -0.3 is 5.11 Å². The lowest BCUT2D eigenvalue weighted by atomic mass is 10.4. The van der Waals surface area contributed by atoms with E-state index in [0.717, 1.165) is 6.92 Å². The Morgan fingerprint density at radius 2 is 1.82 bits per heavy atom. The molecular weight excluding hydrogens is 246 g/mol. The second-order valence-electron chi connectivity index (χ2n) is 3.60. The first kappa shape index (κ1) is 13.4. The van der Waals surface area contributed by atoms with Gasteiger partial charge in [0.1, 0.15) is 0 Å². The van der Waals surface area contributed by atoms with Crippen molar-refractivity contribution in [1.82, 2.24) is 9.97 Å². The fourth-order valence-electron chi connectivity index (χ4n) is 1.12. The summed E-state index contributed by atoms with van der Waals surface area (Å²) in [7, 11) is -4.02. The third-order valence-corrected chi connectivity index (χ3v) is 3.63. The zero-order valence-corrected chi connectivity index (χ0v) is 10.4. The summed E-state index contributed by atoms with van der Waals surface area (Å²) in [6, 6.07) is 1.68. The molecule has 1 aromatic heterocycles. The molecule has 0 aromatic carbocycles. The maximum absolute atomic E-state index is 11.6. The first-order valence-corrected chi connectivity index (χ1v) is 6.34. The predicted molar refractivity (Wildman–Crippen MR) is 61.1 cm³/mol. The summed E-state index contributed by atoms with van der Waals surface area (Å²) in [5, 5.41) is 7.08. The van der Waals surface area contributed by atoms with E-state index in [1.807, 2.05) is 0 Å². The summed E-state index contributed by atoms with van der Waals surface area (Å²) in [5.74, 6) is -1.54. The summed E-state index contributed by atoms with van der Waals surface area (Å²) >= 11 is 0. The zero-order chi connectivity index (χ0) is 13.2. The number of carboxylic acids is 1. The molecule has 1 unspecified atom stereocenters. The number of sulfonamides is 1. The largest absolute Gasteiger partial charge is 0.480 e. The summed E-state index contributed by atoms with van der Waals surface area (Å²) in [6.07, 6.45) is 0. The van der Waals surface area contributed by atoms with Gasteiger partial charge in [-0.3, -0.25) is 9.52 Å². The summed E-state index contributed by atoms with van der Waals surface area (Å²) in [5.41, 5.74) is 1.19. The number of anilines is 1. The number of hydrogen-bond acceptors (Lipinski definition) is 5. The van der Waals surface area contributed by atoms with Gasteiger partial charge in [0.25, 0.3) is 0 Å². The number of aryl methyl sites for hydroxylation is 2. The van der Waals surface area contributed by atoms with Crippen molar-refractivity contribution in [2.45, 2.75) is 26.0 Å². The maximum Gasteiger partial charge on any atom is 0.323 e. The molecule has 2 N–H and O–H groups in total. The molecule has 0 aliphatic rings. The number of nitrogens with zero attached hydrogens (tertiary/aromatic N) is 2. The van der Waals surface area contributed by atoms with Crippen molar-refractivity contribution in [3.63, 3.8) is 0 Å². The van der Waals surface area contributed by atoms with Gasteiger partial charge in [-0.1, -0.05) is 0 Å². The topological polar surface area (TPSA) is 109 Å². The van der Waals surface area contributed by atoms with E-state index in [0.29, 0.717) is 11.4 Å². The molecule has 94 valence electrons. The molecule has 8 heteroatoms. The van der Waals surface area contributed by atoms with Crippen LogP contribution >= 0.6 is 0 Å². The minimum Gasteiger partial charge on any atom is -0.480 e. The highest BCUT2D eigenvalue weighted by Gasteiger charge is 2.28. The zero-order valence-electron chi connectivity index (χ0n) is 9.63. The molecule has 0 bridgehead atoms. The molecule has 1 atom stereocenters. The highest BCUT2D eigenvalue weighted by Crippen LogP contribution is 2.09. The van der Waals surface area contributed by atoms with E-state index >= 15 is 0 Å². The molecule has 0 radical (unpaired) electrons. The van der Waals surface area contributed by atoms with Gasteiger partial charge in [0, 0.05) is 11.4 Å². The van der Waals surface area contributed by atoms with Gasteiger partial charge in [0.15, 0.2) is 5.25 Å². The highest BCUT2D eigenvalue weighted by molar-refractivity contribution is 7.94. The first-order chi connectivity index (χ1) is 7.72. The van der Waals surface area contributed by atoms with E-state index in [-0.39, 0.29) is 5.95 Å². The van der Waals surface area contributed by atoms with Crippen LogP contribution in [0.2, 0.25) is 0 Å². The average Bonchev–Trinajstić information content (AvgIpc) is 2.13. The third-order valence-electron chi connectivity index (χ3n) is 2.03.